The first-order chi connectivity index (χ1) is 10.3. The number of hydrogen-bond acceptors (Lipinski definition) is 2. The maximum absolute atomic E-state index is 6.53. The number of benzene rings is 3. The largest absolute Gasteiger partial charge is 0.330 e. The molecule has 0 saturated heterocycles. The Morgan fingerprint density at radius 3 is 1.95 bits per heavy atom. The quantitative estimate of drug-likeness (QED) is 0.545. The molecule has 0 unspecified atom stereocenters. The third-order valence-corrected chi connectivity index (χ3v) is 4.15. The summed E-state index contributed by atoms with van der Waals surface area (Å²) in [6.07, 6.45) is 3.10. The van der Waals surface area contributed by atoms with E-state index in [1.807, 2.05) is 0 Å². The molecule has 2 nitrogen and oxygen atoms in total. The van der Waals surface area contributed by atoms with Crippen molar-refractivity contribution < 1.29 is 0 Å². The first-order valence-corrected chi connectivity index (χ1v) is 7.67. The molecule has 0 saturated carbocycles. The van der Waals surface area contributed by atoms with Crippen LogP contribution in [0.15, 0.2) is 54.6 Å². The Morgan fingerprint density at radius 1 is 0.810 bits per heavy atom. The smallest absolute Gasteiger partial charge is 0.0307 e. The minimum atomic E-state index is 0.0625. The van der Waals surface area contributed by atoms with E-state index in [0.717, 1.165) is 25.8 Å². The van der Waals surface area contributed by atoms with E-state index in [4.69, 9.17) is 11.5 Å². The van der Waals surface area contributed by atoms with Crippen molar-refractivity contribution in [1.82, 2.24) is 0 Å². The fraction of sp³-hybridized carbons (Fsp3) is 0.263. The first kappa shape index (κ1) is 14.1. The summed E-state index contributed by atoms with van der Waals surface area (Å²) in [5.41, 5.74) is 13.4. The highest BCUT2D eigenvalue weighted by Crippen LogP contribution is 2.33. The zero-order valence-electron chi connectivity index (χ0n) is 12.3. The fourth-order valence-corrected chi connectivity index (χ4v) is 3.10. The monoisotopic (exact) mass is 278 g/mol. The summed E-state index contributed by atoms with van der Waals surface area (Å²) in [5, 5.41) is 5.08. The van der Waals surface area contributed by atoms with Gasteiger partial charge in [-0.3, -0.25) is 0 Å². The summed E-state index contributed by atoms with van der Waals surface area (Å²) in [7, 11) is 0. The molecule has 0 aliphatic carbocycles. The van der Waals surface area contributed by atoms with Crippen molar-refractivity contribution in [3.63, 3.8) is 0 Å². The van der Waals surface area contributed by atoms with Gasteiger partial charge in [0.1, 0.15) is 0 Å². The zero-order chi connectivity index (χ0) is 14.7. The number of hydrogen-bond donors (Lipinski definition) is 2. The van der Waals surface area contributed by atoms with E-state index in [0.29, 0.717) is 0 Å². The van der Waals surface area contributed by atoms with E-state index in [-0.39, 0.29) is 6.04 Å². The van der Waals surface area contributed by atoms with Gasteiger partial charge in [-0.2, -0.15) is 0 Å². The molecular weight excluding hydrogens is 256 g/mol. The van der Waals surface area contributed by atoms with Gasteiger partial charge in [-0.15, -0.1) is 0 Å². The molecule has 3 aromatic rings. The molecule has 0 aliphatic rings. The van der Waals surface area contributed by atoms with Gasteiger partial charge in [-0.1, -0.05) is 55.0 Å². The molecule has 1 atom stereocenters. The maximum atomic E-state index is 6.53. The number of nitrogens with two attached hydrogens (primary N) is 2. The summed E-state index contributed by atoms with van der Waals surface area (Å²) in [5.74, 6) is 0. The average Bonchev–Trinajstić information content (AvgIpc) is 2.52. The lowest BCUT2D eigenvalue weighted by Gasteiger charge is -2.18. The molecule has 3 rings (SSSR count). The van der Waals surface area contributed by atoms with E-state index in [1.165, 1.54) is 27.1 Å². The van der Waals surface area contributed by atoms with Gasteiger partial charge >= 0.3 is 0 Å². The molecule has 0 amide bonds. The van der Waals surface area contributed by atoms with Crippen LogP contribution in [-0.4, -0.2) is 6.54 Å². The lowest BCUT2D eigenvalue weighted by molar-refractivity contribution is 0.596. The van der Waals surface area contributed by atoms with E-state index in [9.17, 15) is 0 Å². The Bertz CT molecular complexity index is 695. The zero-order valence-corrected chi connectivity index (χ0v) is 12.3. The molecule has 0 radical (unpaired) electrons. The third-order valence-electron chi connectivity index (χ3n) is 4.15. The van der Waals surface area contributed by atoms with Crippen molar-refractivity contribution >= 4 is 21.5 Å². The second-order valence-electron chi connectivity index (χ2n) is 5.62. The predicted octanol–water partition coefficient (Wildman–Crippen LogP) is 4.12. The second kappa shape index (κ2) is 6.25. The lowest BCUT2D eigenvalue weighted by Crippen LogP contribution is -2.12. The van der Waals surface area contributed by atoms with Gasteiger partial charge in [0.25, 0.3) is 0 Å². The topological polar surface area (TPSA) is 52.0 Å². The number of rotatable bonds is 5. The summed E-state index contributed by atoms with van der Waals surface area (Å²) in [4.78, 5) is 0. The van der Waals surface area contributed by atoms with Crippen molar-refractivity contribution in [3.8, 4) is 0 Å². The minimum Gasteiger partial charge on any atom is -0.330 e. The number of fused-ring (bicyclic) bond motifs is 2. The normalized spacial score (nSPS) is 12.9. The maximum Gasteiger partial charge on any atom is 0.0307 e. The van der Waals surface area contributed by atoms with E-state index in [2.05, 4.69) is 54.6 Å². The van der Waals surface area contributed by atoms with Crippen molar-refractivity contribution in [2.45, 2.75) is 25.3 Å². The molecule has 3 aromatic carbocycles. The summed E-state index contributed by atoms with van der Waals surface area (Å²) < 4.78 is 0. The van der Waals surface area contributed by atoms with Crippen molar-refractivity contribution in [2.24, 2.45) is 11.5 Å². The Hall–Kier alpha value is -1.90. The Kier molecular flexibility index (Phi) is 4.18. The van der Waals surface area contributed by atoms with Crippen LogP contribution in [0.3, 0.4) is 0 Å². The Balaban J connectivity index is 2.15. The average molecular weight is 278 g/mol. The molecular formula is C19H22N2. The SMILES string of the molecule is NCCCC[C@H](N)c1c2ccccc2cc2ccccc12. The van der Waals surface area contributed by atoms with Crippen molar-refractivity contribution in [2.75, 3.05) is 6.54 Å². The van der Waals surface area contributed by atoms with Crippen LogP contribution in [0.2, 0.25) is 0 Å². The summed E-state index contributed by atoms with van der Waals surface area (Å²) >= 11 is 0. The van der Waals surface area contributed by atoms with Crippen LogP contribution in [0.4, 0.5) is 0 Å². The van der Waals surface area contributed by atoms with Gasteiger partial charge in [-0.25, -0.2) is 0 Å². The highest BCUT2D eigenvalue weighted by molar-refractivity contribution is 6.02. The lowest BCUT2D eigenvalue weighted by atomic mass is 9.90. The van der Waals surface area contributed by atoms with Crippen LogP contribution in [0.25, 0.3) is 21.5 Å². The molecule has 0 heterocycles. The van der Waals surface area contributed by atoms with Gasteiger partial charge in [0.05, 0.1) is 0 Å². The molecule has 0 bridgehead atoms. The van der Waals surface area contributed by atoms with Crippen LogP contribution in [-0.2, 0) is 0 Å². The fourth-order valence-electron chi connectivity index (χ4n) is 3.10. The molecule has 0 aromatic heterocycles. The van der Waals surface area contributed by atoms with Gasteiger partial charge in [0.2, 0.25) is 0 Å². The number of unbranched alkanes of at least 4 members (excludes halogenated alkanes) is 1. The molecule has 4 N–H and O–H groups in total. The van der Waals surface area contributed by atoms with Gasteiger partial charge < -0.3 is 11.5 Å². The minimum absolute atomic E-state index is 0.0625. The molecule has 0 aliphatic heterocycles. The van der Waals surface area contributed by atoms with Crippen LogP contribution < -0.4 is 11.5 Å². The molecule has 21 heavy (non-hydrogen) atoms. The van der Waals surface area contributed by atoms with E-state index < -0.39 is 0 Å². The Labute approximate surface area is 125 Å². The predicted molar refractivity (Wildman–Crippen MR) is 91.3 cm³/mol. The van der Waals surface area contributed by atoms with Crippen LogP contribution >= 0.6 is 0 Å². The van der Waals surface area contributed by atoms with E-state index >= 15 is 0 Å². The molecule has 2 heteroatoms. The van der Waals surface area contributed by atoms with Crippen LogP contribution in [0, 0.1) is 0 Å². The third kappa shape index (κ3) is 2.78. The van der Waals surface area contributed by atoms with Crippen LogP contribution in [0.1, 0.15) is 30.9 Å². The van der Waals surface area contributed by atoms with E-state index in [1.54, 1.807) is 0 Å². The Morgan fingerprint density at radius 2 is 1.38 bits per heavy atom. The van der Waals surface area contributed by atoms with Crippen molar-refractivity contribution in [3.05, 3.63) is 60.2 Å². The first-order valence-electron chi connectivity index (χ1n) is 7.67. The molecule has 0 fully saturated rings. The summed E-state index contributed by atoms with van der Waals surface area (Å²) in [6.45, 7) is 0.739. The summed E-state index contributed by atoms with van der Waals surface area (Å²) in [6, 6.07) is 19.4. The van der Waals surface area contributed by atoms with Crippen LogP contribution in [0.5, 0.6) is 0 Å². The highest BCUT2D eigenvalue weighted by Gasteiger charge is 2.13. The van der Waals surface area contributed by atoms with Gasteiger partial charge in [0.15, 0.2) is 0 Å². The highest BCUT2D eigenvalue weighted by atomic mass is 14.6. The molecule has 108 valence electrons. The second-order valence-corrected chi connectivity index (χ2v) is 5.62. The van der Waals surface area contributed by atoms with Crippen molar-refractivity contribution in [1.29, 1.82) is 0 Å². The van der Waals surface area contributed by atoms with Gasteiger partial charge in [-0.05, 0) is 52.6 Å². The standard InChI is InChI=1S/C19H22N2/c20-12-6-5-11-18(21)19-16-9-3-1-7-14(16)13-15-8-2-4-10-17(15)19/h1-4,7-10,13,18H,5-6,11-12,20-21H2/t18-/m0/s1. The van der Waals surface area contributed by atoms with Gasteiger partial charge in [0, 0.05) is 6.04 Å². The molecule has 0 spiro atoms.